The number of carboxylic acid groups (broad SMARTS) is 1. The van der Waals surface area contributed by atoms with Crippen LogP contribution in [-0.2, 0) is 10.2 Å². The summed E-state index contributed by atoms with van der Waals surface area (Å²) in [4.78, 5) is 49.0. The molecule has 2 N–H and O–H groups in total. The van der Waals surface area contributed by atoms with Gasteiger partial charge in [-0.1, -0.05) is 37.3 Å². The lowest BCUT2D eigenvalue weighted by atomic mass is 9.82. The lowest BCUT2D eigenvalue weighted by Crippen LogP contribution is -2.37. The van der Waals surface area contributed by atoms with E-state index in [1.165, 1.54) is 22.7 Å². The number of hydrogen-bond acceptors (Lipinski definition) is 7. The molecular weight excluding hydrogens is 510 g/mol. The number of fused-ring (bicyclic) bond motifs is 1. The van der Waals surface area contributed by atoms with Gasteiger partial charge in [0.25, 0.3) is 5.91 Å². The second-order valence-electron chi connectivity index (χ2n) is 10.8. The molecule has 11 heteroatoms. The lowest BCUT2D eigenvalue weighted by Gasteiger charge is -2.26. The number of carboxylic acids is 1. The quantitative estimate of drug-likeness (QED) is 0.382. The number of benzene rings is 1. The van der Waals surface area contributed by atoms with Crippen LogP contribution in [0.2, 0.25) is 0 Å². The molecule has 2 saturated heterocycles. The van der Waals surface area contributed by atoms with E-state index in [1.54, 1.807) is 10.6 Å². The first-order chi connectivity index (χ1) is 19.2. The van der Waals surface area contributed by atoms with E-state index in [-0.39, 0.29) is 35.8 Å². The average molecular weight is 540 g/mol. The van der Waals surface area contributed by atoms with Crippen LogP contribution < -0.4 is 15.1 Å². The molecule has 5 heterocycles. The van der Waals surface area contributed by atoms with Crippen LogP contribution in [0.15, 0.2) is 60.9 Å². The van der Waals surface area contributed by atoms with Gasteiger partial charge < -0.3 is 20.2 Å². The lowest BCUT2D eigenvalue weighted by molar-refractivity contribution is -0.117. The number of nitrogens with zero attached hydrogens (tertiary/aromatic N) is 6. The van der Waals surface area contributed by atoms with Gasteiger partial charge >= 0.3 is 5.97 Å². The van der Waals surface area contributed by atoms with E-state index in [4.69, 9.17) is 0 Å². The number of rotatable bonds is 6. The maximum atomic E-state index is 13.1. The Morgan fingerprint density at radius 3 is 2.70 bits per heavy atom. The molecule has 4 aromatic rings. The smallest absolute Gasteiger partial charge is 0.354 e. The number of nitrogens with one attached hydrogen (secondary N) is 1. The van der Waals surface area contributed by atoms with Crippen LogP contribution in [0.1, 0.15) is 52.0 Å². The molecule has 204 valence electrons. The highest BCUT2D eigenvalue weighted by Gasteiger charge is 2.36. The summed E-state index contributed by atoms with van der Waals surface area (Å²) in [6, 6.07) is 15.1. The van der Waals surface area contributed by atoms with E-state index in [1.807, 2.05) is 19.2 Å². The minimum Gasteiger partial charge on any atom is -0.477 e. The summed E-state index contributed by atoms with van der Waals surface area (Å²) < 4.78 is 1.65. The maximum absolute atomic E-state index is 13.1. The van der Waals surface area contributed by atoms with Crippen molar-refractivity contribution < 1.29 is 19.5 Å². The van der Waals surface area contributed by atoms with Crippen molar-refractivity contribution in [1.29, 1.82) is 0 Å². The van der Waals surface area contributed by atoms with Crippen molar-refractivity contribution in [1.82, 2.24) is 24.9 Å². The first kappa shape index (κ1) is 25.5. The molecular formula is C29H29N7O4. The highest BCUT2D eigenvalue weighted by atomic mass is 16.4. The second kappa shape index (κ2) is 9.74. The zero-order valence-electron chi connectivity index (χ0n) is 22.2. The largest absolute Gasteiger partial charge is 0.477 e. The molecule has 0 radical (unpaired) electrons. The fourth-order valence-electron chi connectivity index (χ4n) is 5.67. The third-order valence-electron chi connectivity index (χ3n) is 7.85. The van der Waals surface area contributed by atoms with Crippen LogP contribution in [-0.4, -0.2) is 68.1 Å². The SMILES string of the molecule is Cc1cc(N2CC[C@](C)(c3ccccc3)C2)cn2nc(C(=O)NC3CC(=O)N(c4ccnc(C(=O)O)c4)C3)nc12. The van der Waals surface area contributed by atoms with Gasteiger partial charge in [0.2, 0.25) is 11.7 Å². The third-order valence-corrected chi connectivity index (χ3v) is 7.85. The van der Waals surface area contributed by atoms with Crippen molar-refractivity contribution in [2.75, 3.05) is 29.4 Å². The number of aromatic nitrogens is 4. The van der Waals surface area contributed by atoms with Crippen LogP contribution in [0.25, 0.3) is 5.65 Å². The fraction of sp³-hybridized carbons (Fsp3) is 0.310. The van der Waals surface area contributed by atoms with Crippen LogP contribution in [0.5, 0.6) is 0 Å². The van der Waals surface area contributed by atoms with E-state index in [2.05, 4.69) is 62.5 Å². The monoisotopic (exact) mass is 539 g/mol. The minimum atomic E-state index is -1.18. The number of carbonyl (C=O) groups is 3. The Bertz CT molecular complexity index is 1640. The predicted molar refractivity (Wildman–Crippen MR) is 148 cm³/mol. The third kappa shape index (κ3) is 4.63. The molecule has 0 aliphatic carbocycles. The highest BCUT2D eigenvalue weighted by Crippen LogP contribution is 2.36. The molecule has 1 aromatic carbocycles. The van der Waals surface area contributed by atoms with Gasteiger partial charge in [0.05, 0.1) is 17.9 Å². The summed E-state index contributed by atoms with van der Waals surface area (Å²) in [6.45, 7) is 6.24. The Hall–Kier alpha value is -4.80. The van der Waals surface area contributed by atoms with Gasteiger partial charge in [-0.3, -0.25) is 9.59 Å². The summed E-state index contributed by atoms with van der Waals surface area (Å²) in [5.74, 6) is -1.84. The summed E-state index contributed by atoms with van der Waals surface area (Å²) in [6.07, 6.45) is 4.38. The Labute approximate surface area is 230 Å². The first-order valence-corrected chi connectivity index (χ1v) is 13.2. The first-order valence-electron chi connectivity index (χ1n) is 13.2. The van der Waals surface area contributed by atoms with E-state index in [9.17, 15) is 19.5 Å². The van der Waals surface area contributed by atoms with Gasteiger partial charge in [-0.2, -0.15) is 0 Å². The number of pyridine rings is 2. The normalized spacial score (nSPS) is 20.9. The van der Waals surface area contributed by atoms with Crippen LogP contribution >= 0.6 is 0 Å². The molecule has 0 saturated carbocycles. The molecule has 2 aliphatic rings. The van der Waals surface area contributed by atoms with E-state index < -0.39 is 17.9 Å². The Morgan fingerprint density at radius 1 is 1.12 bits per heavy atom. The van der Waals surface area contributed by atoms with Crippen molar-refractivity contribution in [2.45, 2.75) is 38.1 Å². The number of hydrogen-bond donors (Lipinski definition) is 2. The van der Waals surface area contributed by atoms with Gasteiger partial charge in [-0.15, -0.1) is 5.10 Å². The standard InChI is InChI=1S/C29H29N7O4/c1-18-12-22(34-11-9-29(2,17-34)19-6-4-3-5-7-19)16-36-26(18)32-25(33-36)27(38)31-20-13-24(37)35(15-20)21-8-10-30-23(14-21)28(39)40/h3-8,10,12,14,16,20H,9,11,13,15,17H2,1-2H3,(H,31,38)(H,39,40)/t20?,29-/m0/s1. The molecule has 2 atom stereocenters. The molecule has 0 bridgehead atoms. The topological polar surface area (TPSA) is 133 Å². The van der Waals surface area contributed by atoms with Crippen molar-refractivity contribution in [3.63, 3.8) is 0 Å². The molecule has 1 unspecified atom stereocenters. The molecule has 2 fully saturated rings. The predicted octanol–water partition coefficient (Wildman–Crippen LogP) is 2.83. The van der Waals surface area contributed by atoms with Gasteiger partial charge in [-0.25, -0.2) is 19.3 Å². The summed E-state index contributed by atoms with van der Waals surface area (Å²) >= 11 is 0. The summed E-state index contributed by atoms with van der Waals surface area (Å²) in [5.41, 5.74) is 4.18. The van der Waals surface area contributed by atoms with Crippen molar-refractivity contribution in [2.24, 2.45) is 0 Å². The van der Waals surface area contributed by atoms with Crippen LogP contribution in [0.4, 0.5) is 11.4 Å². The van der Waals surface area contributed by atoms with Gasteiger partial charge in [0.1, 0.15) is 5.69 Å². The average Bonchev–Trinajstić information content (AvgIpc) is 3.66. The van der Waals surface area contributed by atoms with Gasteiger partial charge in [0.15, 0.2) is 5.65 Å². The molecule has 2 aliphatic heterocycles. The number of aromatic carboxylic acids is 1. The number of aryl methyl sites for hydroxylation is 1. The zero-order chi connectivity index (χ0) is 28.0. The fourth-order valence-corrected chi connectivity index (χ4v) is 5.67. The van der Waals surface area contributed by atoms with Gasteiger partial charge in [-0.05, 0) is 42.7 Å². The number of carbonyl (C=O) groups excluding carboxylic acids is 2. The molecule has 6 rings (SSSR count). The number of anilines is 2. The maximum Gasteiger partial charge on any atom is 0.354 e. The Kier molecular flexibility index (Phi) is 6.21. The second-order valence-corrected chi connectivity index (χ2v) is 10.8. The molecule has 40 heavy (non-hydrogen) atoms. The summed E-state index contributed by atoms with van der Waals surface area (Å²) in [7, 11) is 0. The zero-order valence-corrected chi connectivity index (χ0v) is 22.2. The Balaban J connectivity index is 1.17. The molecule has 11 nitrogen and oxygen atoms in total. The molecule has 2 amide bonds. The minimum absolute atomic E-state index is 0.0266. The van der Waals surface area contributed by atoms with Gasteiger partial charge in [0, 0.05) is 43.4 Å². The Morgan fingerprint density at radius 2 is 1.93 bits per heavy atom. The van der Waals surface area contributed by atoms with Crippen molar-refractivity contribution in [3.05, 3.63) is 83.6 Å². The van der Waals surface area contributed by atoms with Crippen molar-refractivity contribution >= 4 is 34.8 Å². The molecule has 3 aromatic heterocycles. The summed E-state index contributed by atoms with van der Waals surface area (Å²) in [5, 5.41) is 16.5. The molecule has 0 spiro atoms. The van der Waals surface area contributed by atoms with E-state index in [0.717, 1.165) is 30.8 Å². The van der Waals surface area contributed by atoms with E-state index in [0.29, 0.717) is 11.3 Å². The van der Waals surface area contributed by atoms with Crippen LogP contribution in [0, 0.1) is 6.92 Å². The highest BCUT2D eigenvalue weighted by molar-refractivity contribution is 5.99. The van der Waals surface area contributed by atoms with E-state index >= 15 is 0 Å². The van der Waals surface area contributed by atoms with Crippen LogP contribution in [0.3, 0.4) is 0 Å². The number of amides is 2. The van der Waals surface area contributed by atoms with Crippen molar-refractivity contribution in [3.8, 4) is 0 Å².